The molecule has 1 atom stereocenters. The number of amides is 1. The first kappa shape index (κ1) is 12.0. The third-order valence-corrected chi connectivity index (χ3v) is 2.78. The second-order valence-electron chi connectivity index (χ2n) is 4.53. The number of nitrogens with zero attached hydrogens (tertiary/aromatic N) is 2. The highest BCUT2D eigenvalue weighted by Gasteiger charge is 2.38. The highest BCUT2D eigenvalue weighted by atomic mass is 16.7. The molecule has 0 aromatic carbocycles. The number of hydroxylamine groups is 2. The first-order valence-corrected chi connectivity index (χ1v) is 5.36. The monoisotopic (exact) mass is 210 g/mol. The van der Waals surface area contributed by atoms with Crippen LogP contribution in [0.25, 0.3) is 0 Å². The highest BCUT2D eigenvalue weighted by molar-refractivity contribution is 5.81. The van der Waals surface area contributed by atoms with E-state index in [1.807, 2.05) is 13.0 Å². The Bertz CT molecular complexity index is 281. The lowest BCUT2D eigenvalue weighted by molar-refractivity contribution is -0.186. The van der Waals surface area contributed by atoms with Crippen LogP contribution in [0, 0.1) is 16.7 Å². The largest absolute Gasteiger partial charge is 0.272 e. The Hall–Kier alpha value is -1.08. The number of hydrogen-bond donors (Lipinski definition) is 0. The molecule has 0 aromatic rings. The maximum Gasteiger partial charge on any atom is 0.253 e. The third kappa shape index (κ3) is 2.48. The zero-order valence-electron chi connectivity index (χ0n) is 9.62. The molecule has 1 unspecified atom stereocenters. The van der Waals surface area contributed by atoms with Crippen molar-refractivity contribution in [1.82, 2.24) is 5.06 Å². The van der Waals surface area contributed by atoms with Crippen molar-refractivity contribution in [1.29, 1.82) is 5.26 Å². The molecule has 0 spiro atoms. The fourth-order valence-corrected chi connectivity index (χ4v) is 1.68. The lowest BCUT2D eigenvalue weighted by Crippen LogP contribution is -2.42. The SMILES string of the molecule is CCC1CCON1C(=O)C(C)(C)CC#N. The van der Waals surface area contributed by atoms with Gasteiger partial charge in [-0.15, -0.1) is 0 Å². The molecule has 1 aliphatic heterocycles. The normalized spacial score (nSPS) is 21.5. The molecule has 1 heterocycles. The first-order chi connectivity index (χ1) is 7.03. The van der Waals surface area contributed by atoms with E-state index in [1.165, 1.54) is 5.06 Å². The molecule has 84 valence electrons. The van der Waals surface area contributed by atoms with Gasteiger partial charge in [-0.2, -0.15) is 5.26 Å². The Morgan fingerprint density at radius 1 is 1.67 bits per heavy atom. The number of rotatable bonds is 3. The molecule has 4 nitrogen and oxygen atoms in total. The maximum absolute atomic E-state index is 12.1. The number of carbonyl (C=O) groups is 1. The van der Waals surface area contributed by atoms with Crippen LogP contribution in [0.1, 0.15) is 40.0 Å². The van der Waals surface area contributed by atoms with Crippen LogP contribution in [-0.2, 0) is 9.63 Å². The molecule has 4 heteroatoms. The minimum atomic E-state index is -0.646. The third-order valence-electron chi connectivity index (χ3n) is 2.78. The molecule has 0 N–H and O–H groups in total. The van der Waals surface area contributed by atoms with Gasteiger partial charge in [0.15, 0.2) is 0 Å². The summed E-state index contributed by atoms with van der Waals surface area (Å²) in [7, 11) is 0. The van der Waals surface area contributed by atoms with E-state index in [2.05, 4.69) is 0 Å². The predicted molar refractivity (Wildman–Crippen MR) is 55.5 cm³/mol. The molecule has 0 radical (unpaired) electrons. The van der Waals surface area contributed by atoms with Crippen LogP contribution in [0.15, 0.2) is 0 Å². The number of hydrogen-bond acceptors (Lipinski definition) is 3. The Kier molecular flexibility index (Phi) is 3.70. The topological polar surface area (TPSA) is 53.3 Å². The Morgan fingerprint density at radius 3 is 2.87 bits per heavy atom. The minimum absolute atomic E-state index is 0.0756. The molecular formula is C11H18N2O2. The van der Waals surface area contributed by atoms with E-state index in [9.17, 15) is 4.79 Å². The molecular weight excluding hydrogens is 192 g/mol. The van der Waals surface area contributed by atoms with Gasteiger partial charge in [-0.05, 0) is 26.7 Å². The summed E-state index contributed by atoms with van der Waals surface area (Å²) in [5, 5.41) is 10.1. The van der Waals surface area contributed by atoms with Gasteiger partial charge in [0, 0.05) is 6.42 Å². The van der Waals surface area contributed by atoms with Gasteiger partial charge >= 0.3 is 0 Å². The number of carbonyl (C=O) groups excluding carboxylic acids is 1. The summed E-state index contributed by atoms with van der Waals surface area (Å²) in [6, 6.07) is 2.22. The van der Waals surface area contributed by atoms with Crippen molar-refractivity contribution in [2.45, 2.75) is 46.1 Å². The van der Waals surface area contributed by atoms with Crippen molar-refractivity contribution in [3.63, 3.8) is 0 Å². The molecule has 1 fully saturated rings. The van der Waals surface area contributed by atoms with Crippen LogP contribution in [0.4, 0.5) is 0 Å². The summed E-state index contributed by atoms with van der Waals surface area (Å²) in [5.74, 6) is -0.0756. The maximum atomic E-state index is 12.1. The quantitative estimate of drug-likeness (QED) is 0.714. The standard InChI is InChI=1S/C11H18N2O2/c1-4-9-5-8-15-13(9)10(14)11(2,3)6-7-12/h9H,4-6,8H2,1-3H3. The van der Waals surface area contributed by atoms with Crippen LogP contribution in [0.3, 0.4) is 0 Å². The minimum Gasteiger partial charge on any atom is -0.272 e. The molecule has 0 bridgehead atoms. The Labute approximate surface area is 90.8 Å². The van der Waals surface area contributed by atoms with E-state index in [0.29, 0.717) is 6.61 Å². The zero-order chi connectivity index (χ0) is 11.5. The summed E-state index contributed by atoms with van der Waals surface area (Å²) in [6.45, 7) is 6.21. The van der Waals surface area contributed by atoms with E-state index >= 15 is 0 Å². The van der Waals surface area contributed by atoms with Crippen molar-refractivity contribution >= 4 is 5.91 Å². The smallest absolute Gasteiger partial charge is 0.253 e. The van der Waals surface area contributed by atoms with Crippen LogP contribution < -0.4 is 0 Å². The molecule has 15 heavy (non-hydrogen) atoms. The molecule has 0 saturated carbocycles. The van der Waals surface area contributed by atoms with Gasteiger partial charge in [0.05, 0.1) is 24.1 Å². The van der Waals surface area contributed by atoms with Gasteiger partial charge in [0.2, 0.25) is 0 Å². The summed E-state index contributed by atoms with van der Waals surface area (Å²) < 4.78 is 0. The fraction of sp³-hybridized carbons (Fsp3) is 0.818. The highest BCUT2D eigenvalue weighted by Crippen LogP contribution is 2.28. The first-order valence-electron chi connectivity index (χ1n) is 5.36. The van der Waals surface area contributed by atoms with Crippen molar-refractivity contribution in [3.05, 3.63) is 0 Å². The van der Waals surface area contributed by atoms with Crippen molar-refractivity contribution in [2.75, 3.05) is 6.61 Å². The van der Waals surface area contributed by atoms with Crippen molar-refractivity contribution in [3.8, 4) is 6.07 Å². The predicted octanol–water partition coefficient (Wildman–Crippen LogP) is 1.87. The molecule has 1 amide bonds. The average molecular weight is 210 g/mol. The van der Waals surface area contributed by atoms with Crippen LogP contribution in [-0.4, -0.2) is 23.6 Å². The lowest BCUT2D eigenvalue weighted by atomic mass is 9.88. The van der Waals surface area contributed by atoms with Gasteiger partial charge in [0.25, 0.3) is 5.91 Å². The Balaban J connectivity index is 2.71. The average Bonchev–Trinajstić information content (AvgIpc) is 2.63. The summed E-state index contributed by atoms with van der Waals surface area (Å²) >= 11 is 0. The van der Waals surface area contributed by atoms with Crippen molar-refractivity contribution in [2.24, 2.45) is 5.41 Å². The van der Waals surface area contributed by atoms with Gasteiger partial charge < -0.3 is 0 Å². The molecule has 1 rings (SSSR count). The van der Waals surface area contributed by atoms with E-state index in [1.54, 1.807) is 13.8 Å². The van der Waals surface area contributed by atoms with E-state index in [0.717, 1.165) is 12.8 Å². The second-order valence-corrected chi connectivity index (χ2v) is 4.53. The van der Waals surface area contributed by atoms with Crippen molar-refractivity contribution < 1.29 is 9.63 Å². The van der Waals surface area contributed by atoms with Crippen LogP contribution in [0.2, 0.25) is 0 Å². The van der Waals surface area contributed by atoms with Gasteiger partial charge in [-0.1, -0.05) is 6.92 Å². The molecule has 1 saturated heterocycles. The summed E-state index contributed by atoms with van der Waals surface area (Å²) in [4.78, 5) is 17.4. The van der Waals surface area contributed by atoms with Gasteiger partial charge in [-0.3, -0.25) is 9.63 Å². The Morgan fingerprint density at radius 2 is 2.33 bits per heavy atom. The van der Waals surface area contributed by atoms with Crippen LogP contribution in [0.5, 0.6) is 0 Å². The molecule has 0 aromatic heterocycles. The van der Waals surface area contributed by atoms with E-state index < -0.39 is 5.41 Å². The zero-order valence-corrected chi connectivity index (χ0v) is 9.62. The lowest BCUT2D eigenvalue weighted by Gasteiger charge is -2.29. The van der Waals surface area contributed by atoms with E-state index in [-0.39, 0.29) is 18.4 Å². The van der Waals surface area contributed by atoms with Crippen LogP contribution >= 0.6 is 0 Å². The fourth-order valence-electron chi connectivity index (χ4n) is 1.68. The van der Waals surface area contributed by atoms with Gasteiger partial charge in [0.1, 0.15) is 0 Å². The molecule has 0 aliphatic carbocycles. The van der Waals surface area contributed by atoms with E-state index in [4.69, 9.17) is 10.1 Å². The molecule has 1 aliphatic rings. The number of nitriles is 1. The second kappa shape index (κ2) is 4.63. The van der Waals surface area contributed by atoms with Gasteiger partial charge in [-0.25, -0.2) is 5.06 Å². The summed E-state index contributed by atoms with van der Waals surface area (Å²) in [5.41, 5.74) is -0.646. The summed E-state index contributed by atoms with van der Waals surface area (Å²) in [6.07, 6.45) is 2.02.